The summed E-state index contributed by atoms with van der Waals surface area (Å²) in [6, 6.07) is 6.06. The van der Waals surface area contributed by atoms with Gasteiger partial charge in [-0.05, 0) is 49.8 Å². The Hall–Kier alpha value is -1.55. The number of rotatable bonds is 6. The first kappa shape index (κ1) is 13.9. The van der Waals surface area contributed by atoms with E-state index < -0.39 is 0 Å². The number of hydrogen-bond acceptors (Lipinski definition) is 4. The van der Waals surface area contributed by atoms with Crippen molar-refractivity contribution in [3.8, 4) is 5.75 Å². The van der Waals surface area contributed by atoms with E-state index in [1.54, 1.807) is 7.11 Å². The average molecular weight is 263 g/mol. The maximum Gasteiger partial charge on any atom is 0.119 e. The molecule has 0 saturated heterocycles. The minimum absolute atomic E-state index is 0.688. The van der Waals surface area contributed by atoms with Crippen molar-refractivity contribution in [2.45, 2.75) is 32.1 Å². The summed E-state index contributed by atoms with van der Waals surface area (Å²) in [5.74, 6) is 0.846. The van der Waals surface area contributed by atoms with Crippen molar-refractivity contribution >= 4 is 5.71 Å². The molecule has 0 radical (unpaired) electrons. The van der Waals surface area contributed by atoms with Crippen LogP contribution in [0.4, 0.5) is 0 Å². The molecule has 1 aromatic rings. The summed E-state index contributed by atoms with van der Waals surface area (Å²) in [5, 5.41) is 12.4. The van der Waals surface area contributed by atoms with Crippen LogP contribution < -0.4 is 4.74 Å². The molecule has 1 aliphatic carbocycles. The largest absolute Gasteiger partial charge is 0.494 e. The number of benzene rings is 1. The lowest BCUT2D eigenvalue weighted by Crippen LogP contribution is -2.12. The average Bonchev–Trinajstić information content (AvgIpc) is 2.46. The fraction of sp³-hybridized carbons (Fsp3) is 0.533. The van der Waals surface area contributed by atoms with E-state index in [1.807, 2.05) is 12.1 Å². The van der Waals surface area contributed by atoms with Crippen LogP contribution in [-0.4, -0.2) is 31.2 Å². The zero-order chi connectivity index (χ0) is 13.5. The van der Waals surface area contributed by atoms with Crippen LogP contribution in [0.25, 0.3) is 0 Å². The van der Waals surface area contributed by atoms with Crippen LogP contribution in [0.3, 0.4) is 0 Å². The summed E-state index contributed by atoms with van der Waals surface area (Å²) in [7, 11) is 1.71. The van der Waals surface area contributed by atoms with Crippen molar-refractivity contribution in [3.05, 3.63) is 29.3 Å². The number of hydrogen-bond donors (Lipinski definition) is 1. The molecule has 0 heterocycles. The van der Waals surface area contributed by atoms with E-state index in [4.69, 9.17) is 14.7 Å². The third kappa shape index (κ3) is 3.70. The summed E-state index contributed by atoms with van der Waals surface area (Å²) >= 11 is 0. The van der Waals surface area contributed by atoms with Crippen molar-refractivity contribution in [1.29, 1.82) is 0 Å². The van der Waals surface area contributed by atoms with Crippen molar-refractivity contribution in [2.75, 3.05) is 20.3 Å². The highest BCUT2D eigenvalue weighted by Gasteiger charge is 2.16. The van der Waals surface area contributed by atoms with E-state index >= 15 is 0 Å². The molecule has 2 rings (SSSR count). The second kappa shape index (κ2) is 7.14. The number of oxime groups is 1. The van der Waals surface area contributed by atoms with Crippen molar-refractivity contribution < 1.29 is 14.7 Å². The molecule has 0 spiro atoms. The molecule has 0 atom stereocenters. The van der Waals surface area contributed by atoms with Gasteiger partial charge in [0.05, 0.1) is 12.3 Å². The monoisotopic (exact) mass is 263 g/mol. The van der Waals surface area contributed by atoms with Gasteiger partial charge >= 0.3 is 0 Å². The van der Waals surface area contributed by atoms with Gasteiger partial charge in [-0.25, -0.2) is 0 Å². The highest BCUT2D eigenvalue weighted by Crippen LogP contribution is 2.26. The molecule has 19 heavy (non-hydrogen) atoms. The number of aryl methyl sites for hydroxylation is 1. The van der Waals surface area contributed by atoms with Crippen LogP contribution in [0.1, 0.15) is 36.8 Å². The molecule has 4 heteroatoms. The van der Waals surface area contributed by atoms with Crippen LogP contribution >= 0.6 is 0 Å². The molecule has 0 saturated carbocycles. The maximum atomic E-state index is 9.04. The van der Waals surface area contributed by atoms with E-state index in [9.17, 15) is 0 Å². The number of fused-ring (bicyclic) bond motifs is 1. The molecule has 104 valence electrons. The smallest absolute Gasteiger partial charge is 0.119 e. The molecule has 0 aliphatic heterocycles. The lowest BCUT2D eigenvalue weighted by atomic mass is 9.90. The van der Waals surface area contributed by atoms with E-state index in [0.717, 1.165) is 55.7 Å². The number of ether oxygens (including phenoxy) is 2. The lowest BCUT2D eigenvalue weighted by Gasteiger charge is -2.18. The quantitative estimate of drug-likeness (QED) is 0.487. The molecule has 0 amide bonds. The molecule has 0 aromatic heterocycles. The van der Waals surface area contributed by atoms with Crippen LogP contribution in [0, 0.1) is 0 Å². The first-order valence-corrected chi connectivity index (χ1v) is 6.81. The molecule has 1 aliphatic rings. The first-order chi connectivity index (χ1) is 9.35. The topological polar surface area (TPSA) is 51.0 Å². The summed E-state index contributed by atoms with van der Waals surface area (Å²) in [5.41, 5.74) is 3.04. The molecule has 0 unspecified atom stereocenters. The summed E-state index contributed by atoms with van der Waals surface area (Å²) in [6.45, 7) is 1.46. The second-order valence-corrected chi connectivity index (χ2v) is 4.77. The van der Waals surface area contributed by atoms with E-state index in [1.165, 1.54) is 5.56 Å². The standard InChI is InChI=1S/C15H21NO3/c1-18-9-2-3-10-19-13-8-7-12-5-4-6-15(16-17)14(12)11-13/h7-8,11,17H,2-6,9-10H2,1H3/b16-15-. The fourth-order valence-electron chi connectivity index (χ4n) is 2.36. The summed E-state index contributed by atoms with van der Waals surface area (Å²) in [4.78, 5) is 0. The number of unbranched alkanes of at least 4 members (excludes halogenated alkanes) is 1. The van der Waals surface area contributed by atoms with Gasteiger partial charge in [-0.15, -0.1) is 0 Å². The van der Waals surface area contributed by atoms with Gasteiger partial charge in [0.15, 0.2) is 0 Å². The Morgan fingerprint density at radius 2 is 2.05 bits per heavy atom. The van der Waals surface area contributed by atoms with Gasteiger partial charge in [0.25, 0.3) is 0 Å². The van der Waals surface area contributed by atoms with Gasteiger partial charge in [0, 0.05) is 19.3 Å². The first-order valence-electron chi connectivity index (χ1n) is 6.81. The van der Waals surface area contributed by atoms with E-state index in [0.29, 0.717) is 6.61 Å². The second-order valence-electron chi connectivity index (χ2n) is 4.77. The Morgan fingerprint density at radius 1 is 1.21 bits per heavy atom. The third-order valence-electron chi connectivity index (χ3n) is 3.38. The van der Waals surface area contributed by atoms with Crippen molar-refractivity contribution in [3.63, 3.8) is 0 Å². The molecule has 0 bridgehead atoms. The number of methoxy groups -OCH3 is 1. The van der Waals surface area contributed by atoms with Gasteiger partial charge in [-0.2, -0.15) is 0 Å². The normalized spacial score (nSPS) is 16.4. The third-order valence-corrected chi connectivity index (χ3v) is 3.38. The van der Waals surface area contributed by atoms with E-state index in [-0.39, 0.29) is 0 Å². The lowest BCUT2D eigenvalue weighted by molar-refractivity contribution is 0.184. The highest BCUT2D eigenvalue weighted by atomic mass is 16.5. The van der Waals surface area contributed by atoms with Crippen LogP contribution in [0.15, 0.2) is 23.4 Å². The van der Waals surface area contributed by atoms with Crippen LogP contribution in [-0.2, 0) is 11.2 Å². The number of nitrogens with zero attached hydrogens (tertiary/aromatic N) is 1. The summed E-state index contributed by atoms with van der Waals surface area (Å²) < 4.78 is 10.7. The van der Waals surface area contributed by atoms with Gasteiger partial charge in [0.1, 0.15) is 5.75 Å². The Morgan fingerprint density at radius 3 is 2.84 bits per heavy atom. The molecule has 1 N–H and O–H groups in total. The minimum atomic E-state index is 0.688. The SMILES string of the molecule is COCCCCOc1ccc2c(c1)/C(=N\O)CCC2. The summed E-state index contributed by atoms with van der Waals surface area (Å²) in [6.07, 6.45) is 4.91. The van der Waals surface area contributed by atoms with Crippen molar-refractivity contribution in [2.24, 2.45) is 5.16 Å². The van der Waals surface area contributed by atoms with Crippen LogP contribution in [0.2, 0.25) is 0 Å². The minimum Gasteiger partial charge on any atom is -0.494 e. The van der Waals surface area contributed by atoms with Gasteiger partial charge < -0.3 is 14.7 Å². The predicted octanol–water partition coefficient (Wildman–Crippen LogP) is 3.01. The van der Waals surface area contributed by atoms with Crippen LogP contribution in [0.5, 0.6) is 5.75 Å². The van der Waals surface area contributed by atoms with E-state index in [2.05, 4.69) is 11.2 Å². The Balaban J connectivity index is 1.96. The Bertz CT molecular complexity index is 443. The highest BCUT2D eigenvalue weighted by molar-refractivity contribution is 6.02. The zero-order valence-corrected chi connectivity index (χ0v) is 11.4. The van der Waals surface area contributed by atoms with Gasteiger partial charge in [-0.1, -0.05) is 11.2 Å². The molecular weight excluding hydrogens is 242 g/mol. The molecule has 1 aromatic carbocycles. The molecular formula is C15H21NO3. The molecule has 0 fully saturated rings. The van der Waals surface area contributed by atoms with Gasteiger partial charge in [0.2, 0.25) is 0 Å². The maximum absolute atomic E-state index is 9.04. The van der Waals surface area contributed by atoms with Crippen molar-refractivity contribution in [1.82, 2.24) is 0 Å². The Kier molecular flexibility index (Phi) is 5.21. The fourth-order valence-corrected chi connectivity index (χ4v) is 2.36. The zero-order valence-electron chi connectivity index (χ0n) is 11.4. The Labute approximate surface area is 114 Å². The predicted molar refractivity (Wildman–Crippen MR) is 74.3 cm³/mol. The van der Waals surface area contributed by atoms with Gasteiger partial charge in [-0.3, -0.25) is 0 Å². The molecule has 4 nitrogen and oxygen atoms in total.